The van der Waals surface area contributed by atoms with Gasteiger partial charge in [-0.05, 0) is 69.2 Å². The lowest BCUT2D eigenvalue weighted by Gasteiger charge is -2.30. The van der Waals surface area contributed by atoms with E-state index in [0.717, 1.165) is 6.42 Å². The predicted octanol–water partition coefficient (Wildman–Crippen LogP) is 4.05. The summed E-state index contributed by atoms with van der Waals surface area (Å²) < 4.78 is 5.51. The Morgan fingerprint density at radius 3 is 2.48 bits per heavy atom. The van der Waals surface area contributed by atoms with E-state index < -0.39 is 0 Å². The molecule has 3 rings (SSSR count). The van der Waals surface area contributed by atoms with Gasteiger partial charge in [-0.1, -0.05) is 0 Å². The van der Waals surface area contributed by atoms with E-state index >= 15 is 0 Å². The molecule has 0 radical (unpaired) electrons. The molecule has 1 heterocycles. The molecular formula is C18H28N2O. The van der Waals surface area contributed by atoms with Crippen molar-refractivity contribution in [3.63, 3.8) is 0 Å². The summed E-state index contributed by atoms with van der Waals surface area (Å²) in [5.41, 5.74) is 2.62. The highest BCUT2D eigenvalue weighted by molar-refractivity contribution is 5.55. The van der Waals surface area contributed by atoms with Crippen LogP contribution in [0.3, 0.4) is 0 Å². The van der Waals surface area contributed by atoms with Crippen LogP contribution in [-0.2, 0) is 4.74 Å². The van der Waals surface area contributed by atoms with Crippen LogP contribution in [0.15, 0.2) is 24.3 Å². The number of methoxy groups -OCH3 is 1. The highest BCUT2D eigenvalue weighted by Crippen LogP contribution is 2.26. The zero-order chi connectivity index (χ0) is 14.5. The molecule has 1 aromatic rings. The number of nitrogens with zero attached hydrogens (tertiary/aromatic N) is 1. The van der Waals surface area contributed by atoms with Crippen LogP contribution in [0.5, 0.6) is 0 Å². The van der Waals surface area contributed by atoms with Crippen LogP contribution in [0.25, 0.3) is 0 Å². The van der Waals surface area contributed by atoms with Gasteiger partial charge in [0.25, 0.3) is 0 Å². The molecule has 1 N–H and O–H groups in total. The lowest BCUT2D eigenvalue weighted by atomic mass is 9.92. The van der Waals surface area contributed by atoms with Crippen LogP contribution >= 0.6 is 0 Å². The van der Waals surface area contributed by atoms with E-state index in [1.54, 1.807) is 0 Å². The molecule has 1 aromatic carbocycles. The van der Waals surface area contributed by atoms with Gasteiger partial charge in [-0.25, -0.2) is 0 Å². The summed E-state index contributed by atoms with van der Waals surface area (Å²) in [7, 11) is 1.83. The summed E-state index contributed by atoms with van der Waals surface area (Å²) in [6.45, 7) is 2.43. The van der Waals surface area contributed by atoms with E-state index in [9.17, 15) is 0 Å². The van der Waals surface area contributed by atoms with Gasteiger partial charge >= 0.3 is 0 Å². The minimum absolute atomic E-state index is 0.434. The van der Waals surface area contributed by atoms with Crippen LogP contribution in [0.4, 0.5) is 11.4 Å². The van der Waals surface area contributed by atoms with Crippen LogP contribution in [0, 0.1) is 0 Å². The lowest BCUT2D eigenvalue weighted by Crippen LogP contribution is -2.31. The van der Waals surface area contributed by atoms with Gasteiger partial charge in [-0.15, -0.1) is 0 Å². The molecule has 1 aliphatic carbocycles. The van der Waals surface area contributed by atoms with Crippen LogP contribution < -0.4 is 10.2 Å². The van der Waals surface area contributed by atoms with E-state index in [2.05, 4.69) is 34.5 Å². The molecule has 0 bridgehead atoms. The fraction of sp³-hybridized carbons (Fsp3) is 0.667. The first-order valence-electron chi connectivity index (χ1n) is 8.49. The molecule has 0 aromatic heterocycles. The third kappa shape index (κ3) is 3.91. The maximum atomic E-state index is 5.51. The molecule has 2 atom stereocenters. The summed E-state index contributed by atoms with van der Waals surface area (Å²) in [4.78, 5) is 2.51. The van der Waals surface area contributed by atoms with Gasteiger partial charge in [0.15, 0.2) is 0 Å². The molecule has 0 amide bonds. The smallest absolute Gasteiger partial charge is 0.0590 e. The number of benzene rings is 1. The Bertz CT molecular complexity index is 425. The second-order valence-electron chi connectivity index (χ2n) is 6.46. The van der Waals surface area contributed by atoms with Gasteiger partial charge in [0.2, 0.25) is 0 Å². The number of anilines is 2. The van der Waals surface area contributed by atoms with Crippen molar-refractivity contribution < 1.29 is 4.74 Å². The first-order valence-corrected chi connectivity index (χ1v) is 8.49. The number of hydrogen-bond acceptors (Lipinski definition) is 3. The Labute approximate surface area is 128 Å². The molecule has 116 valence electrons. The van der Waals surface area contributed by atoms with Gasteiger partial charge in [0.05, 0.1) is 6.10 Å². The Morgan fingerprint density at radius 2 is 1.76 bits per heavy atom. The summed E-state index contributed by atoms with van der Waals surface area (Å²) in [6, 6.07) is 9.57. The van der Waals surface area contributed by atoms with E-state index in [-0.39, 0.29) is 0 Å². The van der Waals surface area contributed by atoms with Crippen molar-refractivity contribution >= 4 is 11.4 Å². The zero-order valence-electron chi connectivity index (χ0n) is 13.2. The minimum atomic E-state index is 0.434. The molecule has 3 nitrogen and oxygen atoms in total. The Kier molecular flexibility index (Phi) is 5.02. The number of ether oxygens (including phenoxy) is 1. The normalized spacial score (nSPS) is 26.6. The molecular weight excluding hydrogens is 260 g/mol. The summed E-state index contributed by atoms with van der Waals surface area (Å²) >= 11 is 0. The van der Waals surface area contributed by atoms with Crippen LogP contribution in [-0.4, -0.2) is 32.3 Å². The van der Waals surface area contributed by atoms with Crippen molar-refractivity contribution in [2.24, 2.45) is 0 Å². The summed E-state index contributed by atoms with van der Waals surface area (Å²) in [5.74, 6) is 0. The van der Waals surface area contributed by atoms with Crippen LogP contribution in [0.2, 0.25) is 0 Å². The SMILES string of the molecule is COC1CCCC(Nc2ccc(N3CCCCC3)cc2)C1. The average molecular weight is 288 g/mol. The number of nitrogens with one attached hydrogen (secondary N) is 1. The van der Waals surface area contributed by atoms with E-state index in [1.165, 1.54) is 63.0 Å². The van der Waals surface area contributed by atoms with Crippen molar-refractivity contribution in [1.82, 2.24) is 0 Å². The number of piperidine rings is 1. The molecule has 21 heavy (non-hydrogen) atoms. The summed E-state index contributed by atoms with van der Waals surface area (Å²) in [5, 5.41) is 3.68. The van der Waals surface area contributed by atoms with Gasteiger partial charge in [-0.3, -0.25) is 0 Å². The Hall–Kier alpha value is -1.22. The molecule has 2 aliphatic rings. The van der Waals surface area contributed by atoms with Crippen molar-refractivity contribution in [2.45, 2.75) is 57.1 Å². The molecule has 3 heteroatoms. The lowest BCUT2D eigenvalue weighted by molar-refractivity contribution is 0.0669. The Balaban J connectivity index is 1.56. The van der Waals surface area contributed by atoms with Crippen molar-refractivity contribution in [1.29, 1.82) is 0 Å². The quantitative estimate of drug-likeness (QED) is 0.904. The maximum Gasteiger partial charge on any atom is 0.0590 e. The highest BCUT2D eigenvalue weighted by atomic mass is 16.5. The second-order valence-corrected chi connectivity index (χ2v) is 6.46. The maximum absolute atomic E-state index is 5.51. The largest absolute Gasteiger partial charge is 0.382 e. The predicted molar refractivity (Wildman–Crippen MR) is 89.2 cm³/mol. The van der Waals surface area contributed by atoms with Crippen molar-refractivity contribution in [3.8, 4) is 0 Å². The molecule has 2 fully saturated rings. The van der Waals surface area contributed by atoms with E-state index in [0.29, 0.717) is 12.1 Å². The topological polar surface area (TPSA) is 24.5 Å². The second kappa shape index (κ2) is 7.17. The monoisotopic (exact) mass is 288 g/mol. The van der Waals surface area contributed by atoms with Gasteiger partial charge in [-0.2, -0.15) is 0 Å². The minimum Gasteiger partial charge on any atom is -0.382 e. The standard InChI is InChI=1S/C18H28N2O/c1-21-18-7-5-6-16(14-18)19-15-8-10-17(11-9-15)20-12-3-2-4-13-20/h8-11,16,18-19H,2-7,12-14H2,1H3. The summed E-state index contributed by atoms with van der Waals surface area (Å²) in [6.07, 6.45) is 9.35. The molecule has 1 aliphatic heterocycles. The zero-order valence-corrected chi connectivity index (χ0v) is 13.2. The van der Waals surface area contributed by atoms with E-state index in [4.69, 9.17) is 4.74 Å². The highest BCUT2D eigenvalue weighted by Gasteiger charge is 2.21. The fourth-order valence-electron chi connectivity index (χ4n) is 3.65. The van der Waals surface area contributed by atoms with Crippen molar-refractivity contribution in [2.75, 3.05) is 30.4 Å². The van der Waals surface area contributed by atoms with Gasteiger partial charge in [0, 0.05) is 37.6 Å². The third-order valence-corrected chi connectivity index (χ3v) is 4.92. The van der Waals surface area contributed by atoms with E-state index in [1.807, 2.05) is 7.11 Å². The first-order chi connectivity index (χ1) is 10.3. The molecule has 2 unspecified atom stereocenters. The van der Waals surface area contributed by atoms with Crippen molar-refractivity contribution in [3.05, 3.63) is 24.3 Å². The molecule has 1 saturated carbocycles. The van der Waals surface area contributed by atoms with Gasteiger partial charge in [0.1, 0.15) is 0 Å². The number of rotatable bonds is 4. The van der Waals surface area contributed by atoms with Crippen LogP contribution in [0.1, 0.15) is 44.9 Å². The van der Waals surface area contributed by atoms with Gasteiger partial charge < -0.3 is 15.0 Å². The Morgan fingerprint density at radius 1 is 1.00 bits per heavy atom. The fourth-order valence-corrected chi connectivity index (χ4v) is 3.65. The molecule has 0 spiro atoms. The first kappa shape index (κ1) is 14.7. The average Bonchev–Trinajstić information content (AvgIpc) is 2.56. The third-order valence-electron chi connectivity index (χ3n) is 4.92. The number of hydrogen-bond donors (Lipinski definition) is 1. The molecule has 1 saturated heterocycles.